The molecule has 2 aromatic rings. The van der Waals surface area contributed by atoms with Gasteiger partial charge in [-0.2, -0.15) is 0 Å². The number of fused-ring (bicyclic) bond motifs is 1. The quantitative estimate of drug-likeness (QED) is 0.882. The zero-order valence-electron chi connectivity index (χ0n) is 11.0. The Morgan fingerprint density at radius 2 is 2.15 bits per heavy atom. The van der Waals surface area contributed by atoms with Crippen LogP contribution in [-0.4, -0.2) is 46.3 Å². The Labute approximate surface area is 121 Å². The number of halogens is 1. The van der Waals surface area contributed by atoms with Gasteiger partial charge in [-0.3, -0.25) is 9.88 Å². The van der Waals surface area contributed by atoms with Crippen LogP contribution in [0.15, 0.2) is 24.3 Å². The molecule has 0 saturated carbocycles. The van der Waals surface area contributed by atoms with Gasteiger partial charge in [0.1, 0.15) is 0 Å². The molecule has 0 aliphatic heterocycles. The lowest BCUT2D eigenvalue weighted by molar-refractivity contribution is 0.0698. The average Bonchev–Trinajstić information content (AvgIpc) is 2.38. The van der Waals surface area contributed by atoms with Gasteiger partial charge in [-0.15, -0.1) is 0 Å². The number of carboxylic acids is 1. The minimum Gasteiger partial charge on any atom is -0.478 e. The van der Waals surface area contributed by atoms with E-state index in [0.29, 0.717) is 34.7 Å². The van der Waals surface area contributed by atoms with Crippen LogP contribution in [-0.2, 0) is 6.54 Å². The van der Waals surface area contributed by atoms with Gasteiger partial charge >= 0.3 is 5.97 Å². The molecule has 2 N–H and O–H groups in total. The predicted octanol–water partition coefficient (Wildman–Crippen LogP) is 2.01. The second kappa shape index (κ2) is 6.17. The van der Waals surface area contributed by atoms with Crippen LogP contribution < -0.4 is 0 Å². The van der Waals surface area contributed by atoms with Gasteiger partial charge in [0.05, 0.1) is 23.4 Å². The summed E-state index contributed by atoms with van der Waals surface area (Å²) in [5.74, 6) is -1.01. The molecule has 0 radical (unpaired) electrons. The SMILES string of the molecule is CN(CCO)Cc1cc(C(=O)O)c2cc(Cl)ccc2n1. The van der Waals surface area contributed by atoms with E-state index in [1.165, 1.54) is 0 Å². The first-order chi connectivity index (χ1) is 9.51. The predicted molar refractivity (Wildman–Crippen MR) is 77.1 cm³/mol. The average molecular weight is 295 g/mol. The summed E-state index contributed by atoms with van der Waals surface area (Å²) in [6.07, 6.45) is 0. The third kappa shape index (κ3) is 3.25. The molecule has 2 rings (SSSR count). The standard InChI is InChI=1S/C14H15ClN2O3/c1-17(4-5-18)8-10-7-12(14(19)20)11-6-9(15)2-3-13(11)16-10/h2-3,6-7,18H,4-5,8H2,1H3,(H,19,20). The number of carboxylic acid groups (broad SMARTS) is 1. The molecule has 0 atom stereocenters. The maximum atomic E-state index is 11.4. The van der Waals surface area contributed by atoms with Crippen molar-refractivity contribution in [1.29, 1.82) is 0 Å². The fourth-order valence-electron chi connectivity index (χ4n) is 2.04. The molecule has 5 nitrogen and oxygen atoms in total. The zero-order valence-corrected chi connectivity index (χ0v) is 11.8. The lowest BCUT2D eigenvalue weighted by atomic mass is 10.1. The second-order valence-electron chi connectivity index (χ2n) is 4.59. The molecular formula is C14H15ClN2O3. The zero-order chi connectivity index (χ0) is 14.7. The molecule has 1 aromatic heterocycles. The van der Waals surface area contributed by atoms with Crippen molar-refractivity contribution in [1.82, 2.24) is 9.88 Å². The summed E-state index contributed by atoms with van der Waals surface area (Å²) < 4.78 is 0. The lowest BCUT2D eigenvalue weighted by Crippen LogP contribution is -2.22. The minimum atomic E-state index is -1.01. The van der Waals surface area contributed by atoms with Gasteiger partial charge < -0.3 is 10.2 Å². The van der Waals surface area contributed by atoms with E-state index in [4.69, 9.17) is 16.7 Å². The molecule has 0 spiro atoms. The van der Waals surface area contributed by atoms with Crippen LogP contribution in [0.5, 0.6) is 0 Å². The molecule has 0 amide bonds. The van der Waals surface area contributed by atoms with E-state index < -0.39 is 5.97 Å². The van der Waals surface area contributed by atoms with Gasteiger partial charge in [0.15, 0.2) is 0 Å². The van der Waals surface area contributed by atoms with Crippen LogP contribution in [0.1, 0.15) is 16.1 Å². The maximum Gasteiger partial charge on any atom is 0.336 e. The van der Waals surface area contributed by atoms with Crippen LogP contribution in [0.4, 0.5) is 0 Å². The summed E-state index contributed by atoms with van der Waals surface area (Å²) in [4.78, 5) is 17.7. The van der Waals surface area contributed by atoms with Crippen molar-refractivity contribution >= 4 is 28.5 Å². The summed E-state index contributed by atoms with van der Waals surface area (Å²) in [6, 6.07) is 6.55. The number of aromatic carboxylic acids is 1. The Bertz CT molecular complexity index is 646. The van der Waals surface area contributed by atoms with Gasteiger partial charge in [-0.25, -0.2) is 4.79 Å². The first-order valence-corrected chi connectivity index (χ1v) is 6.51. The summed E-state index contributed by atoms with van der Waals surface area (Å²) in [7, 11) is 1.84. The van der Waals surface area contributed by atoms with Crippen molar-refractivity contribution < 1.29 is 15.0 Å². The van der Waals surface area contributed by atoms with E-state index in [1.54, 1.807) is 24.3 Å². The number of rotatable bonds is 5. The minimum absolute atomic E-state index is 0.0471. The Kier molecular flexibility index (Phi) is 4.54. The number of nitrogens with zero attached hydrogens (tertiary/aromatic N) is 2. The van der Waals surface area contributed by atoms with Crippen molar-refractivity contribution in [2.24, 2.45) is 0 Å². The van der Waals surface area contributed by atoms with Crippen LogP contribution in [0, 0.1) is 0 Å². The number of carbonyl (C=O) groups is 1. The fourth-order valence-corrected chi connectivity index (χ4v) is 2.21. The van der Waals surface area contributed by atoms with Gasteiger partial charge in [-0.1, -0.05) is 11.6 Å². The van der Waals surface area contributed by atoms with Crippen LogP contribution in [0.2, 0.25) is 5.02 Å². The second-order valence-corrected chi connectivity index (χ2v) is 5.03. The molecule has 20 heavy (non-hydrogen) atoms. The highest BCUT2D eigenvalue weighted by atomic mass is 35.5. The van der Waals surface area contributed by atoms with E-state index in [0.717, 1.165) is 0 Å². The van der Waals surface area contributed by atoms with Gasteiger partial charge in [0.25, 0.3) is 0 Å². The largest absolute Gasteiger partial charge is 0.478 e. The van der Waals surface area contributed by atoms with Crippen LogP contribution in [0.25, 0.3) is 10.9 Å². The molecule has 6 heteroatoms. The number of hydrogen-bond donors (Lipinski definition) is 2. The summed E-state index contributed by atoms with van der Waals surface area (Å²) >= 11 is 5.90. The highest BCUT2D eigenvalue weighted by Gasteiger charge is 2.13. The molecule has 106 valence electrons. The molecule has 0 saturated heterocycles. The molecule has 1 aromatic carbocycles. The van der Waals surface area contributed by atoms with Crippen molar-refractivity contribution in [2.45, 2.75) is 6.54 Å². The third-order valence-corrected chi connectivity index (χ3v) is 3.20. The number of aliphatic hydroxyl groups is 1. The van der Waals surface area contributed by atoms with E-state index in [9.17, 15) is 9.90 Å². The summed E-state index contributed by atoms with van der Waals surface area (Å²) in [5, 5.41) is 19.2. The number of benzene rings is 1. The highest BCUT2D eigenvalue weighted by molar-refractivity contribution is 6.31. The van der Waals surface area contributed by atoms with Crippen LogP contribution in [0.3, 0.4) is 0 Å². The number of pyridine rings is 1. The van der Waals surface area contributed by atoms with Crippen molar-refractivity contribution in [2.75, 3.05) is 20.2 Å². The normalized spacial score (nSPS) is 11.2. The molecule has 1 heterocycles. The number of hydrogen-bond acceptors (Lipinski definition) is 4. The maximum absolute atomic E-state index is 11.4. The smallest absolute Gasteiger partial charge is 0.336 e. The third-order valence-electron chi connectivity index (χ3n) is 2.97. The molecule has 0 fully saturated rings. The molecule has 0 aliphatic carbocycles. The van der Waals surface area contributed by atoms with Crippen molar-refractivity contribution in [3.05, 3.63) is 40.5 Å². The number of aliphatic hydroxyl groups excluding tert-OH is 1. The Morgan fingerprint density at radius 1 is 1.40 bits per heavy atom. The Balaban J connectivity index is 2.48. The van der Waals surface area contributed by atoms with E-state index in [2.05, 4.69) is 4.98 Å². The monoisotopic (exact) mass is 294 g/mol. The van der Waals surface area contributed by atoms with Gasteiger partial charge in [0.2, 0.25) is 0 Å². The Morgan fingerprint density at radius 3 is 2.80 bits per heavy atom. The Hall–Kier alpha value is -1.69. The van der Waals surface area contributed by atoms with E-state index >= 15 is 0 Å². The van der Waals surface area contributed by atoms with E-state index in [-0.39, 0.29) is 12.2 Å². The molecular weight excluding hydrogens is 280 g/mol. The number of likely N-dealkylation sites (N-methyl/N-ethyl adjacent to an activating group) is 1. The van der Waals surface area contributed by atoms with Gasteiger partial charge in [-0.05, 0) is 31.3 Å². The highest BCUT2D eigenvalue weighted by Crippen LogP contribution is 2.23. The summed E-state index contributed by atoms with van der Waals surface area (Å²) in [6.45, 7) is 1.02. The van der Waals surface area contributed by atoms with E-state index in [1.807, 2.05) is 11.9 Å². The first kappa shape index (κ1) is 14.7. The van der Waals surface area contributed by atoms with Crippen molar-refractivity contribution in [3.63, 3.8) is 0 Å². The lowest BCUT2D eigenvalue weighted by Gasteiger charge is -2.15. The van der Waals surface area contributed by atoms with Gasteiger partial charge in [0, 0.05) is 23.5 Å². The molecule has 0 bridgehead atoms. The topological polar surface area (TPSA) is 73.7 Å². The fraction of sp³-hybridized carbons (Fsp3) is 0.286. The summed E-state index contributed by atoms with van der Waals surface area (Å²) in [5.41, 5.74) is 1.43. The molecule has 0 aliphatic rings. The van der Waals surface area contributed by atoms with Crippen molar-refractivity contribution in [3.8, 4) is 0 Å². The molecule has 0 unspecified atom stereocenters. The number of aromatic nitrogens is 1. The first-order valence-electron chi connectivity index (χ1n) is 6.13. The van der Waals surface area contributed by atoms with Crippen LogP contribution >= 0.6 is 11.6 Å².